The average Bonchev–Trinajstić information content (AvgIpc) is 3.44. The molecule has 3 nitrogen and oxygen atoms in total. The number of alkyl halides is 12. The lowest BCUT2D eigenvalue weighted by atomic mass is 10.1. The molecule has 0 aliphatic heterocycles. The first-order valence-electron chi connectivity index (χ1n) is 11.7. The summed E-state index contributed by atoms with van der Waals surface area (Å²) >= 11 is 0.731. The van der Waals surface area contributed by atoms with Gasteiger partial charge in [0.15, 0.2) is 5.69 Å². The summed E-state index contributed by atoms with van der Waals surface area (Å²) < 4.78 is 144. The van der Waals surface area contributed by atoms with Crippen LogP contribution in [0.2, 0.25) is 0 Å². The van der Waals surface area contributed by atoms with Gasteiger partial charge in [-0.15, -0.1) is 11.3 Å². The van der Waals surface area contributed by atoms with Crippen molar-refractivity contribution in [3.63, 3.8) is 0 Å². The molecule has 43 heavy (non-hydrogen) atoms. The van der Waals surface area contributed by atoms with E-state index in [9.17, 15) is 52.7 Å². The standard InChI is InChI=1S/C8H7F3.C7H6F3N.C6H7F3N2.C6H5F3S/c1-6-3-2-4-7(5-6)8(9,10)11;1-5-2-3-11-6(4-5)7(8,9)10;1-4-3-5(6(7,8)9)10-11(4)2;1-4-2-5(10-3-4)6(7,8)9/h2-5H,1H3;2-4H,1H3;3H,1-2H3;2-3H,1H3. The number of rotatable bonds is 0. The van der Waals surface area contributed by atoms with Crippen molar-refractivity contribution in [3.05, 3.63) is 104 Å². The minimum Gasteiger partial charge on any atom is -0.272 e. The number of aromatic nitrogens is 3. The Morgan fingerprint density at radius 3 is 1.44 bits per heavy atom. The Kier molecular flexibility index (Phi) is 12.9. The molecule has 0 bridgehead atoms. The topological polar surface area (TPSA) is 30.7 Å². The summed E-state index contributed by atoms with van der Waals surface area (Å²) in [6.07, 6.45) is -15.9. The molecule has 0 N–H and O–H groups in total. The number of hydrogen-bond donors (Lipinski definition) is 0. The van der Waals surface area contributed by atoms with Crippen LogP contribution in [0.1, 0.15) is 44.2 Å². The number of benzene rings is 1. The Hall–Kier alpha value is -3.56. The molecule has 0 atom stereocenters. The summed E-state index contributed by atoms with van der Waals surface area (Å²) in [5, 5.41) is 4.76. The Morgan fingerprint density at radius 1 is 0.605 bits per heavy atom. The fourth-order valence-electron chi connectivity index (χ4n) is 2.79. The Balaban J connectivity index is 0.000000287. The predicted octanol–water partition coefficient (Wildman–Crippen LogP) is 10.2. The zero-order valence-electron chi connectivity index (χ0n) is 23.1. The molecule has 0 spiro atoms. The van der Waals surface area contributed by atoms with Gasteiger partial charge in [-0.1, -0.05) is 23.8 Å². The smallest absolute Gasteiger partial charge is 0.272 e. The second-order valence-corrected chi connectivity index (χ2v) is 9.77. The number of thiophene rings is 1. The Labute approximate surface area is 242 Å². The van der Waals surface area contributed by atoms with Gasteiger partial charge in [0, 0.05) is 18.9 Å². The third-order valence-corrected chi connectivity index (χ3v) is 6.06. The number of halogens is 12. The van der Waals surface area contributed by atoms with Crippen LogP contribution in [0.5, 0.6) is 0 Å². The lowest BCUT2D eigenvalue weighted by Gasteiger charge is -2.05. The molecule has 3 heterocycles. The van der Waals surface area contributed by atoms with Crippen LogP contribution < -0.4 is 0 Å². The van der Waals surface area contributed by atoms with E-state index in [0.717, 1.165) is 47.9 Å². The highest BCUT2D eigenvalue weighted by Gasteiger charge is 2.34. The molecule has 1 aromatic carbocycles. The zero-order valence-corrected chi connectivity index (χ0v) is 23.9. The van der Waals surface area contributed by atoms with Crippen LogP contribution in [0.15, 0.2) is 60.1 Å². The van der Waals surface area contributed by atoms with Crippen molar-refractivity contribution in [2.75, 3.05) is 0 Å². The summed E-state index contributed by atoms with van der Waals surface area (Å²) in [5.74, 6) is 0. The molecule has 16 heteroatoms. The van der Waals surface area contributed by atoms with Gasteiger partial charge >= 0.3 is 24.7 Å². The van der Waals surface area contributed by atoms with Gasteiger partial charge in [0.05, 0.1) is 5.56 Å². The number of pyridine rings is 1. The fraction of sp³-hybridized carbons (Fsp3) is 0.333. The number of aryl methyl sites for hydroxylation is 5. The number of nitrogens with zero attached hydrogens (tertiary/aromatic N) is 3. The second-order valence-electron chi connectivity index (χ2n) is 8.86. The minimum atomic E-state index is -4.33. The van der Waals surface area contributed by atoms with Crippen LogP contribution in [-0.2, 0) is 31.8 Å². The highest BCUT2D eigenvalue weighted by atomic mass is 32.1. The highest BCUT2D eigenvalue weighted by molar-refractivity contribution is 7.10. The van der Waals surface area contributed by atoms with E-state index in [0.29, 0.717) is 22.4 Å². The van der Waals surface area contributed by atoms with Crippen LogP contribution in [0.4, 0.5) is 52.7 Å². The molecular formula is C27H25F12N3S. The van der Waals surface area contributed by atoms with Crippen LogP contribution in [0, 0.1) is 27.7 Å². The van der Waals surface area contributed by atoms with Gasteiger partial charge in [0.25, 0.3) is 0 Å². The Bertz CT molecular complexity index is 1350. The third kappa shape index (κ3) is 13.5. The van der Waals surface area contributed by atoms with Gasteiger partial charge in [0.2, 0.25) is 0 Å². The van der Waals surface area contributed by atoms with Gasteiger partial charge in [-0.25, -0.2) is 0 Å². The molecule has 0 radical (unpaired) electrons. The summed E-state index contributed by atoms with van der Waals surface area (Å²) in [5.41, 5.74) is 0.0919. The molecule has 0 aliphatic rings. The van der Waals surface area contributed by atoms with Gasteiger partial charge in [-0.05, 0) is 74.5 Å². The van der Waals surface area contributed by atoms with E-state index in [2.05, 4.69) is 10.1 Å². The van der Waals surface area contributed by atoms with Crippen molar-refractivity contribution in [1.29, 1.82) is 0 Å². The minimum absolute atomic E-state index is 0.498. The maximum absolute atomic E-state index is 12.0. The predicted molar refractivity (Wildman–Crippen MR) is 137 cm³/mol. The van der Waals surface area contributed by atoms with E-state index in [4.69, 9.17) is 0 Å². The maximum Gasteiger partial charge on any atom is 0.435 e. The lowest BCUT2D eigenvalue weighted by molar-refractivity contribution is -0.142. The van der Waals surface area contributed by atoms with Gasteiger partial charge in [0.1, 0.15) is 10.6 Å². The second kappa shape index (κ2) is 14.8. The summed E-state index contributed by atoms with van der Waals surface area (Å²) in [7, 11) is 1.48. The van der Waals surface area contributed by atoms with E-state index < -0.39 is 46.5 Å². The van der Waals surface area contributed by atoms with Gasteiger partial charge in [-0.2, -0.15) is 57.8 Å². The molecule has 0 aliphatic carbocycles. The molecular weight excluding hydrogens is 626 g/mol. The Morgan fingerprint density at radius 2 is 1.16 bits per heavy atom. The van der Waals surface area contributed by atoms with E-state index in [-0.39, 0.29) is 0 Å². The van der Waals surface area contributed by atoms with Gasteiger partial charge < -0.3 is 0 Å². The maximum atomic E-state index is 12.0. The molecule has 238 valence electrons. The molecule has 0 saturated carbocycles. The number of hydrogen-bond acceptors (Lipinski definition) is 3. The zero-order chi connectivity index (χ0) is 33.4. The van der Waals surface area contributed by atoms with Crippen molar-refractivity contribution in [3.8, 4) is 0 Å². The van der Waals surface area contributed by atoms with Crippen molar-refractivity contribution in [2.45, 2.75) is 52.4 Å². The quantitative estimate of drug-likeness (QED) is 0.177. The summed E-state index contributed by atoms with van der Waals surface area (Å²) in [4.78, 5) is 2.66. The molecule has 4 rings (SSSR count). The molecule has 0 saturated heterocycles. The first kappa shape index (κ1) is 37.5. The third-order valence-electron chi connectivity index (χ3n) is 4.97. The fourth-order valence-corrected chi connectivity index (χ4v) is 3.56. The SMILES string of the molecule is Cc1cc(C(F)(F)F)nn1C.Cc1cccc(C(F)(F)F)c1.Cc1ccnc(C(F)(F)F)c1.Cc1csc(C(F)(F)F)c1. The van der Waals surface area contributed by atoms with E-state index >= 15 is 0 Å². The normalized spacial score (nSPS) is 11.8. The van der Waals surface area contributed by atoms with Crippen molar-refractivity contribution >= 4 is 11.3 Å². The van der Waals surface area contributed by atoms with E-state index in [1.54, 1.807) is 33.8 Å². The van der Waals surface area contributed by atoms with Crippen molar-refractivity contribution in [1.82, 2.24) is 14.8 Å². The monoisotopic (exact) mass is 651 g/mol. The van der Waals surface area contributed by atoms with Crippen LogP contribution in [0.3, 0.4) is 0 Å². The molecule has 3 aromatic heterocycles. The molecule has 4 aromatic rings. The molecule has 0 amide bonds. The lowest BCUT2D eigenvalue weighted by Crippen LogP contribution is -2.07. The van der Waals surface area contributed by atoms with E-state index in [1.165, 1.54) is 29.2 Å². The van der Waals surface area contributed by atoms with Crippen molar-refractivity contribution < 1.29 is 52.7 Å². The largest absolute Gasteiger partial charge is 0.435 e. The van der Waals surface area contributed by atoms with Crippen LogP contribution in [0.25, 0.3) is 0 Å². The highest BCUT2D eigenvalue weighted by Crippen LogP contribution is 2.34. The average molecular weight is 652 g/mol. The van der Waals surface area contributed by atoms with Crippen molar-refractivity contribution in [2.24, 2.45) is 7.05 Å². The first-order valence-corrected chi connectivity index (χ1v) is 12.6. The summed E-state index contributed by atoms with van der Waals surface area (Å²) in [6.45, 7) is 6.44. The molecule has 0 unspecified atom stereocenters. The van der Waals surface area contributed by atoms with E-state index in [1.807, 2.05) is 0 Å². The summed E-state index contributed by atoms with van der Waals surface area (Å²) in [6, 6.07) is 9.92. The first-order chi connectivity index (χ1) is 19.4. The molecule has 0 fully saturated rings. The van der Waals surface area contributed by atoms with Crippen LogP contribution >= 0.6 is 11.3 Å². The van der Waals surface area contributed by atoms with Gasteiger partial charge in [-0.3, -0.25) is 9.67 Å². The van der Waals surface area contributed by atoms with Crippen LogP contribution in [-0.4, -0.2) is 14.8 Å².